The molecule has 0 saturated carbocycles. The number of nitrogens with zero attached hydrogens (tertiary/aromatic N) is 2. The number of hydrogen-bond donors (Lipinski definition) is 1. The van der Waals surface area contributed by atoms with Crippen LogP contribution in [-0.2, 0) is 0 Å². The van der Waals surface area contributed by atoms with Crippen LogP contribution in [-0.4, -0.2) is 63.2 Å². The zero-order chi connectivity index (χ0) is 15.0. The zero-order valence-corrected chi connectivity index (χ0v) is 14.5. The van der Waals surface area contributed by atoms with Crippen LogP contribution in [0, 0.1) is 11.3 Å². The second kappa shape index (κ2) is 9.01. The van der Waals surface area contributed by atoms with Gasteiger partial charge in [-0.05, 0) is 70.7 Å². The minimum atomic E-state index is 0.477. The lowest BCUT2D eigenvalue weighted by Crippen LogP contribution is -2.46. The van der Waals surface area contributed by atoms with E-state index >= 15 is 0 Å². The molecule has 3 nitrogen and oxygen atoms in total. The van der Waals surface area contributed by atoms with Gasteiger partial charge in [0.15, 0.2) is 0 Å². The molecule has 1 saturated heterocycles. The van der Waals surface area contributed by atoms with Crippen LogP contribution >= 0.6 is 0 Å². The van der Waals surface area contributed by atoms with Crippen LogP contribution in [0.5, 0.6) is 0 Å². The van der Waals surface area contributed by atoms with Gasteiger partial charge in [0.1, 0.15) is 0 Å². The van der Waals surface area contributed by atoms with Crippen LogP contribution < -0.4 is 5.32 Å². The lowest BCUT2D eigenvalue weighted by molar-refractivity contribution is 0.0940. The fourth-order valence-electron chi connectivity index (χ4n) is 3.49. The lowest BCUT2D eigenvalue weighted by atomic mass is 9.80. The molecule has 0 aromatic heterocycles. The summed E-state index contributed by atoms with van der Waals surface area (Å²) in [6, 6.07) is 0. The van der Waals surface area contributed by atoms with Crippen LogP contribution in [0.2, 0.25) is 0 Å². The molecule has 0 aromatic carbocycles. The fourth-order valence-corrected chi connectivity index (χ4v) is 3.49. The molecule has 1 rings (SSSR count). The van der Waals surface area contributed by atoms with E-state index in [1.54, 1.807) is 0 Å². The van der Waals surface area contributed by atoms with Crippen molar-refractivity contribution in [3.63, 3.8) is 0 Å². The monoisotopic (exact) mass is 283 g/mol. The summed E-state index contributed by atoms with van der Waals surface area (Å²) < 4.78 is 0. The van der Waals surface area contributed by atoms with Crippen molar-refractivity contribution < 1.29 is 0 Å². The zero-order valence-electron chi connectivity index (χ0n) is 14.5. The molecule has 0 aromatic rings. The Labute approximate surface area is 127 Å². The Hall–Kier alpha value is -0.120. The quantitative estimate of drug-likeness (QED) is 0.702. The van der Waals surface area contributed by atoms with E-state index in [9.17, 15) is 0 Å². The minimum Gasteiger partial charge on any atom is -0.316 e. The Balaban J connectivity index is 2.43. The number of hydrogen-bond acceptors (Lipinski definition) is 3. The average molecular weight is 284 g/mol. The van der Waals surface area contributed by atoms with Gasteiger partial charge in [0.25, 0.3) is 0 Å². The summed E-state index contributed by atoms with van der Waals surface area (Å²) in [5.74, 6) is 0.910. The smallest absolute Gasteiger partial charge is 0.00499 e. The second-order valence-electron chi connectivity index (χ2n) is 6.97. The molecule has 0 amide bonds. The molecule has 1 aliphatic rings. The van der Waals surface area contributed by atoms with Crippen molar-refractivity contribution in [1.82, 2.24) is 15.1 Å². The van der Waals surface area contributed by atoms with Crippen LogP contribution in [0.1, 0.15) is 46.5 Å². The van der Waals surface area contributed by atoms with Gasteiger partial charge in [0.2, 0.25) is 0 Å². The van der Waals surface area contributed by atoms with E-state index in [-0.39, 0.29) is 0 Å². The largest absolute Gasteiger partial charge is 0.316 e. The number of rotatable bonds is 9. The maximum atomic E-state index is 3.58. The first-order chi connectivity index (χ1) is 9.55. The standard InChI is InChI=1S/C17H37N3/c1-6-17(7-2,14-18-8-3)15-20-11-9-16(10-12-20)13-19(4)5/h16,18H,6-15H2,1-5H3. The van der Waals surface area contributed by atoms with Crippen LogP contribution in [0.4, 0.5) is 0 Å². The number of nitrogens with one attached hydrogen (secondary N) is 1. The van der Waals surface area contributed by atoms with Gasteiger partial charge in [0.05, 0.1) is 0 Å². The molecule has 0 radical (unpaired) electrons. The first-order valence-corrected chi connectivity index (χ1v) is 8.63. The van der Waals surface area contributed by atoms with Crippen molar-refractivity contribution in [2.24, 2.45) is 11.3 Å². The molecule has 1 N–H and O–H groups in total. The van der Waals surface area contributed by atoms with Crippen LogP contribution in [0.25, 0.3) is 0 Å². The van der Waals surface area contributed by atoms with Crippen molar-refractivity contribution >= 4 is 0 Å². The molecular weight excluding hydrogens is 246 g/mol. The molecule has 1 fully saturated rings. The van der Waals surface area contributed by atoms with Gasteiger partial charge < -0.3 is 15.1 Å². The molecule has 1 heterocycles. The Morgan fingerprint density at radius 3 is 2.15 bits per heavy atom. The highest BCUT2D eigenvalue weighted by Gasteiger charge is 2.30. The topological polar surface area (TPSA) is 18.5 Å². The van der Waals surface area contributed by atoms with E-state index in [0.29, 0.717) is 5.41 Å². The van der Waals surface area contributed by atoms with E-state index in [0.717, 1.165) is 12.5 Å². The van der Waals surface area contributed by atoms with Crippen molar-refractivity contribution in [2.75, 3.05) is 53.4 Å². The van der Waals surface area contributed by atoms with Gasteiger partial charge in [-0.1, -0.05) is 20.8 Å². The fraction of sp³-hybridized carbons (Fsp3) is 1.00. The second-order valence-corrected chi connectivity index (χ2v) is 6.97. The molecule has 120 valence electrons. The maximum Gasteiger partial charge on any atom is 0.00499 e. The van der Waals surface area contributed by atoms with Crippen LogP contribution in [0.3, 0.4) is 0 Å². The third-order valence-corrected chi connectivity index (χ3v) is 5.14. The Kier molecular flexibility index (Phi) is 8.08. The van der Waals surface area contributed by atoms with E-state index in [4.69, 9.17) is 0 Å². The summed E-state index contributed by atoms with van der Waals surface area (Å²) in [7, 11) is 4.39. The molecule has 0 bridgehead atoms. The molecule has 0 atom stereocenters. The van der Waals surface area contributed by atoms with Gasteiger partial charge in [0, 0.05) is 19.6 Å². The molecule has 0 aliphatic carbocycles. The highest BCUT2D eigenvalue weighted by Crippen LogP contribution is 2.29. The molecule has 1 aliphatic heterocycles. The summed E-state index contributed by atoms with van der Waals surface area (Å²) in [4.78, 5) is 5.06. The third kappa shape index (κ3) is 5.71. The van der Waals surface area contributed by atoms with Gasteiger partial charge in [-0.2, -0.15) is 0 Å². The molecule has 0 unspecified atom stereocenters. The van der Waals surface area contributed by atoms with Crippen molar-refractivity contribution in [2.45, 2.75) is 46.5 Å². The first kappa shape index (κ1) is 17.9. The minimum absolute atomic E-state index is 0.477. The van der Waals surface area contributed by atoms with Gasteiger partial charge in [-0.3, -0.25) is 0 Å². The SMILES string of the molecule is CCNCC(CC)(CC)CN1CCC(CN(C)C)CC1. The summed E-state index contributed by atoms with van der Waals surface area (Å²) >= 11 is 0. The first-order valence-electron chi connectivity index (χ1n) is 8.63. The average Bonchev–Trinajstić information content (AvgIpc) is 2.45. The predicted molar refractivity (Wildman–Crippen MR) is 89.3 cm³/mol. The Morgan fingerprint density at radius 1 is 1.10 bits per heavy atom. The summed E-state index contributed by atoms with van der Waals surface area (Å²) in [5.41, 5.74) is 0.477. The molecule has 3 heteroatoms. The Bertz CT molecular complexity index is 241. The van der Waals surface area contributed by atoms with Crippen molar-refractivity contribution in [1.29, 1.82) is 0 Å². The van der Waals surface area contributed by atoms with Gasteiger partial charge in [-0.25, -0.2) is 0 Å². The van der Waals surface area contributed by atoms with Crippen molar-refractivity contribution in [3.05, 3.63) is 0 Å². The maximum absolute atomic E-state index is 3.58. The number of piperidine rings is 1. The predicted octanol–water partition coefficient (Wildman–Crippen LogP) is 2.68. The van der Waals surface area contributed by atoms with Crippen LogP contribution in [0.15, 0.2) is 0 Å². The Morgan fingerprint density at radius 2 is 1.70 bits per heavy atom. The van der Waals surface area contributed by atoms with Gasteiger partial charge >= 0.3 is 0 Å². The van der Waals surface area contributed by atoms with Gasteiger partial charge in [-0.15, -0.1) is 0 Å². The lowest BCUT2D eigenvalue weighted by Gasteiger charge is -2.41. The third-order valence-electron chi connectivity index (χ3n) is 5.14. The molecule has 0 spiro atoms. The van der Waals surface area contributed by atoms with Crippen molar-refractivity contribution in [3.8, 4) is 0 Å². The highest BCUT2D eigenvalue weighted by molar-refractivity contribution is 4.85. The molecular formula is C17H37N3. The van der Waals surface area contributed by atoms with E-state index < -0.39 is 0 Å². The normalized spacial score (nSPS) is 18.9. The van der Waals surface area contributed by atoms with E-state index in [1.807, 2.05) is 0 Å². The molecule has 20 heavy (non-hydrogen) atoms. The van der Waals surface area contributed by atoms with E-state index in [2.05, 4.69) is 50.0 Å². The summed E-state index contributed by atoms with van der Waals surface area (Å²) in [6.45, 7) is 14.3. The summed E-state index contributed by atoms with van der Waals surface area (Å²) in [6.07, 6.45) is 5.33. The summed E-state index contributed by atoms with van der Waals surface area (Å²) in [5, 5.41) is 3.58. The highest BCUT2D eigenvalue weighted by atomic mass is 15.1. The van der Waals surface area contributed by atoms with E-state index in [1.165, 1.54) is 58.4 Å². The number of likely N-dealkylation sites (tertiary alicyclic amines) is 1.